The molecule has 0 aromatic heterocycles. The van der Waals surface area contributed by atoms with Crippen molar-refractivity contribution in [3.05, 3.63) is 0 Å². The number of hydrogen-bond acceptors (Lipinski definition) is 2. The van der Waals surface area contributed by atoms with Crippen molar-refractivity contribution in [2.24, 2.45) is 23.7 Å². The summed E-state index contributed by atoms with van der Waals surface area (Å²) >= 11 is 0. The molecule has 0 aromatic rings. The molecule has 5 fully saturated rings. The lowest BCUT2D eigenvalue weighted by atomic mass is 9.81. The molecule has 2 aliphatic heterocycles. The molecule has 2 saturated heterocycles. The van der Waals surface area contributed by atoms with Gasteiger partial charge in [0.1, 0.15) is 0 Å². The molecule has 2 bridgehead atoms. The number of rotatable bonds is 0. The minimum atomic E-state index is 0.676. The summed E-state index contributed by atoms with van der Waals surface area (Å²) in [5.74, 6) is 3.77. The third kappa shape index (κ3) is 0.409. The fraction of sp³-hybridized carbons (Fsp3) is 1.00. The first-order valence-corrected chi connectivity index (χ1v) is 5.24. The predicted octanol–water partition coefficient (Wildman–Crippen LogP) is 0.807. The van der Waals surface area contributed by atoms with Crippen LogP contribution in [0.15, 0.2) is 0 Å². The van der Waals surface area contributed by atoms with Gasteiger partial charge in [-0.3, -0.25) is 0 Å². The molecule has 2 heteroatoms. The van der Waals surface area contributed by atoms with E-state index in [2.05, 4.69) is 0 Å². The van der Waals surface area contributed by atoms with Gasteiger partial charge in [0.2, 0.25) is 0 Å². The Morgan fingerprint density at radius 1 is 0.750 bits per heavy atom. The maximum atomic E-state index is 5.69. The van der Waals surface area contributed by atoms with Crippen molar-refractivity contribution in [3.63, 3.8) is 0 Å². The van der Waals surface area contributed by atoms with Crippen LogP contribution in [0.5, 0.6) is 0 Å². The van der Waals surface area contributed by atoms with Crippen molar-refractivity contribution in [3.8, 4) is 0 Å². The van der Waals surface area contributed by atoms with Gasteiger partial charge >= 0.3 is 0 Å². The molecule has 5 aliphatic rings. The lowest BCUT2D eigenvalue weighted by Crippen LogP contribution is -2.27. The highest BCUT2D eigenvalue weighted by atomic mass is 16.6. The first-order chi connectivity index (χ1) is 5.93. The summed E-state index contributed by atoms with van der Waals surface area (Å²) in [6.07, 6.45) is 5.58. The largest absolute Gasteiger partial charge is 0.369 e. The summed E-state index contributed by atoms with van der Waals surface area (Å²) in [4.78, 5) is 0. The predicted molar refractivity (Wildman–Crippen MR) is 40.5 cm³/mol. The normalized spacial score (nSPS) is 80.0. The molecule has 0 N–H and O–H groups in total. The van der Waals surface area contributed by atoms with Crippen LogP contribution in [0.4, 0.5) is 0 Å². The van der Waals surface area contributed by atoms with Crippen LogP contribution in [0.3, 0.4) is 0 Å². The van der Waals surface area contributed by atoms with Crippen LogP contribution in [-0.4, -0.2) is 24.4 Å². The van der Waals surface area contributed by atoms with Gasteiger partial charge in [0, 0.05) is 0 Å². The van der Waals surface area contributed by atoms with E-state index >= 15 is 0 Å². The summed E-state index contributed by atoms with van der Waals surface area (Å²) in [5.41, 5.74) is 0. The Morgan fingerprint density at radius 3 is 2.67 bits per heavy atom. The van der Waals surface area contributed by atoms with Crippen molar-refractivity contribution in [2.75, 3.05) is 0 Å². The molecule has 12 heavy (non-hydrogen) atoms. The number of hydrogen-bond donors (Lipinski definition) is 0. The van der Waals surface area contributed by atoms with Gasteiger partial charge in [-0.25, -0.2) is 0 Å². The fourth-order valence-electron chi connectivity index (χ4n) is 4.58. The van der Waals surface area contributed by atoms with Crippen LogP contribution in [-0.2, 0) is 9.47 Å². The highest BCUT2D eigenvalue weighted by molar-refractivity contribution is 5.21. The monoisotopic (exact) mass is 164 g/mol. The summed E-state index contributed by atoms with van der Waals surface area (Å²) in [7, 11) is 0. The van der Waals surface area contributed by atoms with Gasteiger partial charge in [-0.15, -0.1) is 0 Å². The first kappa shape index (κ1) is 5.61. The van der Waals surface area contributed by atoms with Crippen molar-refractivity contribution in [1.82, 2.24) is 0 Å². The van der Waals surface area contributed by atoms with E-state index in [1.165, 1.54) is 12.8 Å². The molecule has 3 saturated carbocycles. The molecule has 2 nitrogen and oxygen atoms in total. The standard InChI is InChI=1S/C10H12O2/c1-4-3-2-6-10(11-6)7(3)5(1)9-8(4)12-9/h3-10H,1-2H2/t3-,4-,5+,6-,7+,8+,9+,10+/m1/s1. The maximum Gasteiger partial charge on any atom is 0.0876 e. The molecule has 8 atom stereocenters. The number of ether oxygens (including phenoxy) is 2. The van der Waals surface area contributed by atoms with Gasteiger partial charge in [-0.2, -0.15) is 0 Å². The van der Waals surface area contributed by atoms with E-state index in [0.717, 1.165) is 23.7 Å². The number of epoxide rings is 2. The average Bonchev–Trinajstić information content (AvgIpc) is 2.92. The SMILES string of the molecule is C1[C@@H]2[C@H]3C[C@H]4O[C@@H]4[C@@H]3[C@H]1[C@@H]1O[C@@H]21. The van der Waals surface area contributed by atoms with E-state index < -0.39 is 0 Å². The first-order valence-electron chi connectivity index (χ1n) is 5.24. The highest BCUT2D eigenvalue weighted by Crippen LogP contribution is 2.69. The van der Waals surface area contributed by atoms with E-state index in [-0.39, 0.29) is 0 Å². The van der Waals surface area contributed by atoms with Gasteiger partial charge in [-0.05, 0) is 36.5 Å². The van der Waals surface area contributed by atoms with Crippen molar-refractivity contribution < 1.29 is 9.47 Å². The van der Waals surface area contributed by atoms with Gasteiger partial charge in [0.15, 0.2) is 0 Å². The molecule has 0 unspecified atom stereocenters. The molecule has 3 aliphatic carbocycles. The van der Waals surface area contributed by atoms with E-state index in [0.29, 0.717) is 24.4 Å². The van der Waals surface area contributed by atoms with Crippen LogP contribution in [0.1, 0.15) is 12.8 Å². The van der Waals surface area contributed by atoms with Crippen molar-refractivity contribution in [2.45, 2.75) is 37.3 Å². The molecule has 0 aromatic carbocycles. The summed E-state index contributed by atoms with van der Waals surface area (Å²) < 4.78 is 11.3. The second-order valence-electron chi connectivity index (χ2n) is 5.24. The third-order valence-electron chi connectivity index (χ3n) is 4.99. The summed E-state index contributed by atoms with van der Waals surface area (Å²) in [6, 6.07) is 0. The lowest BCUT2D eigenvalue weighted by molar-refractivity contribution is 0.162. The van der Waals surface area contributed by atoms with Crippen LogP contribution < -0.4 is 0 Å². The smallest absolute Gasteiger partial charge is 0.0876 e. The molecule has 2 heterocycles. The van der Waals surface area contributed by atoms with Crippen molar-refractivity contribution in [1.29, 1.82) is 0 Å². The maximum absolute atomic E-state index is 5.69. The minimum absolute atomic E-state index is 0.676. The zero-order chi connectivity index (χ0) is 7.45. The molecular formula is C10H12O2. The Hall–Kier alpha value is -0.0800. The van der Waals surface area contributed by atoms with Gasteiger partial charge in [0.05, 0.1) is 24.4 Å². The molecular weight excluding hydrogens is 152 g/mol. The Balaban J connectivity index is 1.66. The highest BCUT2D eigenvalue weighted by Gasteiger charge is 2.74. The quantitative estimate of drug-likeness (QED) is 0.495. The Kier molecular flexibility index (Phi) is 0.644. The molecule has 0 amide bonds. The van der Waals surface area contributed by atoms with Crippen LogP contribution in [0.2, 0.25) is 0 Å². The fourth-order valence-corrected chi connectivity index (χ4v) is 4.58. The molecule has 64 valence electrons. The van der Waals surface area contributed by atoms with Crippen LogP contribution >= 0.6 is 0 Å². The van der Waals surface area contributed by atoms with Gasteiger partial charge < -0.3 is 9.47 Å². The van der Waals surface area contributed by atoms with E-state index in [1.807, 2.05) is 0 Å². The van der Waals surface area contributed by atoms with Crippen molar-refractivity contribution >= 4 is 0 Å². The molecule has 5 rings (SSSR count). The van der Waals surface area contributed by atoms with E-state index in [9.17, 15) is 0 Å². The van der Waals surface area contributed by atoms with Gasteiger partial charge in [0.25, 0.3) is 0 Å². The third-order valence-corrected chi connectivity index (χ3v) is 4.99. The second kappa shape index (κ2) is 1.38. The Morgan fingerprint density at radius 2 is 1.67 bits per heavy atom. The topological polar surface area (TPSA) is 25.1 Å². The van der Waals surface area contributed by atoms with Crippen LogP contribution in [0.25, 0.3) is 0 Å². The van der Waals surface area contributed by atoms with E-state index in [4.69, 9.17) is 9.47 Å². The molecule has 0 radical (unpaired) electrons. The number of fused-ring (bicyclic) bond motifs is 10. The minimum Gasteiger partial charge on any atom is -0.369 e. The second-order valence-corrected chi connectivity index (χ2v) is 5.24. The van der Waals surface area contributed by atoms with Crippen LogP contribution in [0, 0.1) is 23.7 Å². The zero-order valence-corrected chi connectivity index (χ0v) is 6.85. The Bertz CT molecular complexity index is 273. The summed E-state index contributed by atoms with van der Waals surface area (Å²) in [6.45, 7) is 0. The Labute approximate surface area is 71.2 Å². The summed E-state index contributed by atoms with van der Waals surface area (Å²) in [5, 5.41) is 0. The average molecular weight is 164 g/mol. The van der Waals surface area contributed by atoms with Gasteiger partial charge in [-0.1, -0.05) is 0 Å². The molecule has 0 spiro atoms. The zero-order valence-electron chi connectivity index (χ0n) is 6.85. The lowest BCUT2D eigenvalue weighted by Gasteiger charge is -2.22. The van der Waals surface area contributed by atoms with E-state index in [1.54, 1.807) is 0 Å².